The molecule has 0 unspecified atom stereocenters. The van der Waals surface area contributed by atoms with E-state index in [0.29, 0.717) is 11.8 Å². The predicted molar refractivity (Wildman–Crippen MR) is 294 cm³/mol. The summed E-state index contributed by atoms with van der Waals surface area (Å²) in [4.78, 5) is 2.60. The number of aromatic nitrogens is 1. The lowest BCUT2D eigenvalue weighted by molar-refractivity contribution is -0.0784. The maximum atomic E-state index is 6.40. The van der Waals surface area contributed by atoms with Crippen molar-refractivity contribution in [1.82, 2.24) is 4.57 Å². The molecule has 1 aliphatic heterocycles. The monoisotopic (exact) mass is 914 g/mol. The molecule has 0 radical (unpaired) electrons. The van der Waals surface area contributed by atoms with Crippen molar-refractivity contribution >= 4 is 60.8 Å². The van der Waals surface area contributed by atoms with Gasteiger partial charge in [-0.25, -0.2) is 0 Å². The highest BCUT2D eigenvalue weighted by Crippen LogP contribution is 2.69. The summed E-state index contributed by atoms with van der Waals surface area (Å²) in [6.07, 6.45) is 5.31. The minimum atomic E-state index is -0.140. The van der Waals surface area contributed by atoms with Crippen molar-refractivity contribution in [1.29, 1.82) is 0 Å². The molecular weight excluding hydrogens is 861 g/mol. The highest BCUT2D eigenvalue weighted by Gasteiger charge is 2.62. The number of hydrogen-bond acceptors (Lipinski definition) is 2. The van der Waals surface area contributed by atoms with Gasteiger partial charge in [-0.05, 0) is 172 Å². The largest absolute Gasteiger partial charge is 0.456 e. The number of furan rings is 1. The molecular formula is C68H54N2O. The van der Waals surface area contributed by atoms with Crippen LogP contribution < -0.4 is 4.90 Å². The van der Waals surface area contributed by atoms with E-state index in [1.807, 2.05) is 0 Å². The van der Waals surface area contributed by atoms with Crippen molar-refractivity contribution in [2.75, 3.05) is 4.90 Å². The standard InChI is InChI=1S/C68H54N2O/c1-40-42-33-44-35-43(40)36-45(34-42)68(44)58-22-10-12-24-62(58)70-61-23-11-7-18-53(61)56-37-48(39-60(68)66(56)70)69(47-31-32-52-51-17-6-9-21-57(51)67(2,3)59(52)38-47)46-29-27-41(28-30-46)49-15-4-5-16-50(49)54-20-14-26-64-65(54)55-19-8-13-25-63(55)71-64/h4-32,37-40,42-45H,33-36H2,1-3H3/t40-,42-,43+,44+,45-,68?. The summed E-state index contributed by atoms with van der Waals surface area (Å²) >= 11 is 0. The summed E-state index contributed by atoms with van der Waals surface area (Å²) in [7, 11) is 0. The number of hydrogen-bond donors (Lipinski definition) is 0. The molecule has 4 fully saturated rings. The van der Waals surface area contributed by atoms with E-state index in [1.54, 1.807) is 11.1 Å². The van der Waals surface area contributed by atoms with Crippen LogP contribution in [-0.2, 0) is 10.8 Å². The Morgan fingerprint density at radius 1 is 0.465 bits per heavy atom. The Hall–Kier alpha value is -7.62. The van der Waals surface area contributed by atoms with E-state index in [-0.39, 0.29) is 10.8 Å². The van der Waals surface area contributed by atoms with Gasteiger partial charge in [0.1, 0.15) is 11.2 Å². The predicted octanol–water partition coefficient (Wildman–Crippen LogP) is 18.1. The first-order valence-corrected chi connectivity index (χ1v) is 26.2. The molecule has 0 saturated heterocycles. The Kier molecular flexibility index (Phi) is 8.06. The fourth-order valence-corrected chi connectivity index (χ4v) is 16.0. The first-order valence-electron chi connectivity index (χ1n) is 26.2. The number of anilines is 3. The van der Waals surface area contributed by atoms with E-state index < -0.39 is 0 Å². The molecule has 17 rings (SSSR count). The summed E-state index contributed by atoms with van der Waals surface area (Å²) in [5, 5.41) is 4.99. The minimum absolute atomic E-state index is 0.0493. The second kappa shape index (κ2) is 14.3. The molecule has 5 aliphatic carbocycles. The Morgan fingerprint density at radius 3 is 1.87 bits per heavy atom. The van der Waals surface area contributed by atoms with E-state index in [2.05, 4.69) is 224 Å². The normalized spacial score (nSPS) is 22.9. The molecule has 9 aromatic carbocycles. The average Bonchev–Trinajstić information content (AvgIpc) is 4.04. The zero-order valence-electron chi connectivity index (χ0n) is 40.5. The lowest BCUT2D eigenvalue weighted by atomic mass is 9.39. The number of nitrogens with zero attached hydrogens (tertiary/aromatic N) is 2. The van der Waals surface area contributed by atoms with Crippen molar-refractivity contribution in [3.8, 4) is 39.1 Å². The zero-order chi connectivity index (χ0) is 46.9. The van der Waals surface area contributed by atoms with Crippen LogP contribution >= 0.6 is 0 Å². The van der Waals surface area contributed by atoms with Crippen LogP contribution in [-0.4, -0.2) is 4.57 Å². The van der Waals surface area contributed by atoms with Gasteiger partial charge in [-0.1, -0.05) is 154 Å². The molecule has 3 nitrogen and oxygen atoms in total. The number of rotatable bonds is 5. The second-order valence-electron chi connectivity index (χ2n) is 22.4. The van der Waals surface area contributed by atoms with Crippen LogP contribution in [0.5, 0.6) is 0 Å². The van der Waals surface area contributed by atoms with E-state index in [4.69, 9.17) is 4.42 Å². The van der Waals surface area contributed by atoms with Crippen molar-refractivity contribution in [3.05, 3.63) is 216 Å². The van der Waals surface area contributed by atoms with Crippen LogP contribution in [0.15, 0.2) is 199 Å². The highest BCUT2D eigenvalue weighted by molar-refractivity contribution is 6.15. The van der Waals surface area contributed by atoms with Gasteiger partial charge in [-0.2, -0.15) is 0 Å². The van der Waals surface area contributed by atoms with Gasteiger partial charge in [0, 0.05) is 49.4 Å². The number of fused-ring (bicyclic) bond motifs is 11. The molecule has 342 valence electrons. The average molecular weight is 915 g/mol. The maximum Gasteiger partial charge on any atom is 0.136 e. The fraction of sp³-hybridized carbons (Fsp3) is 0.206. The van der Waals surface area contributed by atoms with Gasteiger partial charge in [-0.15, -0.1) is 0 Å². The van der Waals surface area contributed by atoms with Crippen molar-refractivity contribution in [2.24, 2.45) is 29.6 Å². The Labute approximate surface area is 415 Å². The Bertz CT molecular complexity index is 4020. The Morgan fingerprint density at radius 2 is 1.07 bits per heavy atom. The van der Waals surface area contributed by atoms with Gasteiger partial charge >= 0.3 is 0 Å². The number of benzene rings is 9. The fourth-order valence-electron chi connectivity index (χ4n) is 16.0. The summed E-state index contributed by atoms with van der Waals surface area (Å²) < 4.78 is 9.05. The maximum absolute atomic E-state index is 6.40. The minimum Gasteiger partial charge on any atom is -0.456 e. The molecule has 3 heterocycles. The summed E-state index contributed by atoms with van der Waals surface area (Å²) in [5.41, 5.74) is 22.7. The van der Waals surface area contributed by atoms with E-state index in [1.165, 1.54) is 109 Å². The number of para-hydroxylation sites is 3. The molecule has 0 atom stereocenters. The third kappa shape index (κ3) is 5.24. The highest BCUT2D eigenvalue weighted by atomic mass is 16.3. The lowest BCUT2D eigenvalue weighted by Gasteiger charge is -2.65. The van der Waals surface area contributed by atoms with E-state index in [9.17, 15) is 0 Å². The summed E-state index contributed by atoms with van der Waals surface area (Å²) in [5.74, 6) is 3.72. The summed E-state index contributed by atoms with van der Waals surface area (Å²) in [6.45, 7) is 7.39. The lowest BCUT2D eigenvalue weighted by Crippen LogP contribution is -2.59. The van der Waals surface area contributed by atoms with Crippen LogP contribution in [0.3, 0.4) is 0 Å². The smallest absolute Gasteiger partial charge is 0.136 e. The first-order chi connectivity index (χ1) is 34.9. The second-order valence-corrected chi connectivity index (χ2v) is 22.4. The van der Waals surface area contributed by atoms with Gasteiger partial charge in [0.2, 0.25) is 0 Å². The SMILES string of the molecule is CC1(C)c2ccccc2-c2ccc(N(c3ccc(-c4ccccc4-c4cccc5oc6ccccc6c45)cc3)c3cc4c5c(c3)c3ccccc3n5-c3ccccc3C43[C@H]4C[C@@H]5C[C@@H]3C[C@H](C4)[C@H]5C)cc21. The molecule has 2 aromatic heterocycles. The van der Waals surface area contributed by atoms with Crippen LogP contribution in [0.25, 0.3) is 82.8 Å². The molecule has 1 spiro atoms. The van der Waals surface area contributed by atoms with Gasteiger partial charge < -0.3 is 13.9 Å². The van der Waals surface area contributed by atoms with E-state index in [0.717, 1.165) is 45.4 Å². The Balaban J connectivity index is 0.929. The quantitative estimate of drug-likeness (QED) is 0.172. The zero-order valence-corrected chi connectivity index (χ0v) is 40.5. The molecule has 4 bridgehead atoms. The third-order valence-corrected chi connectivity index (χ3v) is 19.1. The molecule has 11 aromatic rings. The van der Waals surface area contributed by atoms with Crippen molar-refractivity contribution in [3.63, 3.8) is 0 Å². The van der Waals surface area contributed by atoms with Crippen molar-refractivity contribution < 1.29 is 4.42 Å². The van der Waals surface area contributed by atoms with Crippen LogP contribution in [0, 0.1) is 29.6 Å². The molecule has 0 N–H and O–H groups in total. The van der Waals surface area contributed by atoms with Gasteiger partial charge in [0.05, 0.1) is 16.7 Å². The topological polar surface area (TPSA) is 21.3 Å². The van der Waals surface area contributed by atoms with Gasteiger partial charge in [0.25, 0.3) is 0 Å². The third-order valence-electron chi connectivity index (χ3n) is 19.1. The van der Waals surface area contributed by atoms with Gasteiger partial charge in [0.15, 0.2) is 0 Å². The van der Waals surface area contributed by atoms with Crippen LogP contribution in [0.4, 0.5) is 17.1 Å². The molecule has 0 amide bonds. The van der Waals surface area contributed by atoms with Crippen LogP contribution in [0.2, 0.25) is 0 Å². The molecule has 6 aliphatic rings. The molecule has 71 heavy (non-hydrogen) atoms. The van der Waals surface area contributed by atoms with Crippen LogP contribution in [0.1, 0.15) is 68.7 Å². The molecule has 4 saturated carbocycles. The van der Waals surface area contributed by atoms with Crippen molar-refractivity contribution in [2.45, 2.75) is 57.3 Å². The first kappa shape index (κ1) is 40.1. The van der Waals surface area contributed by atoms with Gasteiger partial charge in [-0.3, -0.25) is 0 Å². The molecule has 3 heteroatoms. The van der Waals surface area contributed by atoms with E-state index >= 15 is 0 Å². The summed E-state index contributed by atoms with van der Waals surface area (Å²) in [6, 6.07) is 73.6.